The van der Waals surface area contributed by atoms with Crippen LogP contribution < -0.4 is 0 Å². The molecule has 0 spiro atoms. The van der Waals surface area contributed by atoms with Crippen molar-refractivity contribution < 1.29 is 61.5 Å². The first kappa shape index (κ1) is 117. The number of hydrogen-bond acceptors (Lipinski definition) is 0. The summed E-state index contributed by atoms with van der Waals surface area (Å²) >= 11 is 0. The van der Waals surface area contributed by atoms with Gasteiger partial charge in [0.2, 0.25) is 18.8 Å². The van der Waals surface area contributed by atoms with E-state index in [0.717, 1.165) is 49.4 Å². The summed E-state index contributed by atoms with van der Waals surface area (Å²) in [6.07, 6.45) is 4.39. The van der Waals surface area contributed by atoms with Gasteiger partial charge >= 0.3 is 12.4 Å². The molecule has 6 atom stereocenters. The molecule has 6 unspecified atom stereocenters. The summed E-state index contributed by atoms with van der Waals surface area (Å²) in [5.41, 5.74) is 1.09. The summed E-state index contributed by atoms with van der Waals surface area (Å²) < 4.78 is 163. The molecule has 0 fully saturated rings. The molecular weight excluding hydrogens is 1140 g/mol. The number of rotatable bonds is 21. The topological polar surface area (TPSA) is 0 Å². The molecule has 0 heterocycles. The molecule has 0 radical (unpaired) electrons. The Balaban J connectivity index is -0.0000000622. The van der Waals surface area contributed by atoms with Gasteiger partial charge in [-0.25, -0.2) is 26.3 Å². The van der Waals surface area contributed by atoms with Crippen LogP contribution in [0.15, 0.2) is 0 Å². The van der Waals surface area contributed by atoms with Crippen LogP contribution in [0.4, 0.5) is 61.5 Å². The normalized spacial score (nSPS) is 13.1. The lowest BCUT2D eigenvalue weighted by Gasteiger charge is -2.17. The minimum Gasteiger partial charge on any atom is -0.251 e. The van der Waals surface area contributed by atoms with Gasteiger partial charge in [0.1, 0.15) is 0 Å². The Morgan fingerprint density at radius 3 is 0.632 bits per heavy atom. The molecule has 0 aliphatic rings. The summed E-state index contributed by atoms with van der Waals surface area (Å²) in [7, 11) is 0. The fourth-order valence-electron chi connectivity index (χ4n) is 4.00. The first-order valence-electron chi connectivity index (χ1n) is 34.3. The van der Waals surface area contributed by atoms with E-state index in [9.17, 15) is 61.5 Å². The van der Waals surface area contributed by atoms with Crippen LogP contribution in [0.25, 0.3) is 0 Å². The van der Waals surface area contributed by atoms with Crippen LogP contribution >= 0.6 is 0 Å². The number of alkyl halides is 14. The highest BCUT2D eigenvalue weighted by molar-refractivity contribution is 4.67. The van der Waals surface area contributed by atoms with Gasteiger partial charge in [-0.1, -0.05) is 313 Å². The average Bonchev–Trinajstić information content (AvgIpc) is 3.41. The van der Waals surface area contributed by atoms with Gasteiger partial charge in [-0.05, 0) is 84.9 Å². The summed E-state index contributed by atoms with van der Waals surface area (Å²) in [5.74, 6) is -2.01. The van der Waals surface area contributed by atoms with Crippen LogP contribution in [0.1, 0.15) is 358 Å². The molecule has 0 nitrogen and oxygen atoms in total. The highest BCUT2D eigenvalue weighted by atomic mass is 19.4. The third-order valence-electron chi connectivity index (χ3n) is 13.4. The van der Waals surface area contributed by atoms with Crippen LogP contribution in [0.2, 0.25) is 0 Å². The maximum atomic E-state index is 12.3. The van der Waals surface area contributed by atoms with E-state index in [-0.39, 0.29) is 44.4 Å². The second-order valence-electron chi connectivity index (χ2n) is 27.7. The molecule has 0 amide bonds. The maximum Gasteiger partial charge on any atom is 0.391 e. The molecule has 0 aliphatic heterocycles. The van der Waals surface area contributed by atoms with Gasteiger partial charge in [-0.3, -0.25) is 8.78 Å². The van der Waals surface area contributed by atoms with Crippen molar-refractivity contribution >= 4 is 0 Å². The van der Waals surface area contributed by atoms with Crippen molar-refractivity contribution in [3.05, 3.63) is 0 Å². The second-order valence-corrected chi connectivity index (χ2v) is 27.7. The molecule has 0 aromatic carbocycles. The quantitative estimate of drug-likeness (QED) is 0.101. The Morgan fingerprint density at radius 1 is 0.299 bits per heavy atom. The van der Waals surface area contributed by atoms with Crippen molar-refractivity contribution in [2.24, 2.45) is 75.9 Å². The minimum absolute atomic E-state index is 0.0509. The Kier molecular flexibility index (Phi) is 104. The minimum atomic E-state index is -3.99. The van der Waals surface area contributed by atoms with Crippen molar-refractivity contribution in [2.45, 2.75) is 389 Å². The Labute approximate surface area is 537 Å². The first-order valence-corrected chi connectivity index (χ1v) is 34.3. The van der Waals surface area contributed by atoms with Crippen molar-refractivity contribution in [1.82, 2.24) is 0 Å². The molecule has 0 aliphatic carbocycles. The van der Waals surface area contributed by atoms with Crippen molar-refractivity contribution in [3.63, 3.8) is 0 Å². The van der Waals surface area contributed by atoms with Gasteiger partial charge < -0.3 is 0 Å². The van der Waals surface area contributed by atoms with Crippen LogP contribution in [-0.4, -0.2) is 44.5 Å². The third-order valence-corrected chi connectivity index (χ3v) is 13.4. The SMILES string of the molecule is CCC(C)(C)C.CCC(C)C.CCC(C)C.CCC(C)C.CCC(C)C(F)(F)F.CCC(C)C(F)F.CCC(C)CF.CCC(F)(F)C(C)C.CCCC(C)(C)C.CCCC(C)C.CCCC(C)C(F)(F)F.CCCC(C)C(F)F.CCCC(C)CF. The standard InChI is InChI=1S/C7H16.C6H11F3.2C6H12F2.C6H13F.2C6H14.C5H9F3.C5H10F2.C5H11F.3C5H12/c1-5-6-7(2,3)4;1-3-4-5(2)6(7,8)9;1-4-6(7,8)5(2)3;1-3-4-5(2)6(7)8;1-3-4-6(2)5-7;1-5-6(2,3)4;1-4-5-6(2)3;1-3-4(2)5(6,7)8;1-3-4(2)5(6)7;1-3-5(2)4-6;3*1-4-5(2)3/h5-6H2,1-4H3;5H,3-4H2,1-2H3;5H,4H2,1-3H3;5-6H,3-4H2,1-2H3;6H,3-5H2,1-2H3;5H2,1-4H3;6H,4-5H2,1-3H3;4H,3H2,1-2H3;4-5H,3H2,1-2H3;5H,3-4H2,1-2H3;3*5H,4H2,1-3H3. The zero-order valence-electron chi connectivity index (χ0n) is 64.4. The summed E-state index contributed by atoms with van der Waals surface area (Å²) in [4.78, 5) is 0. The predicted octanol–water partition coefficient (Wildman–Crippen LogP) is 31.5. The molecular formula is C73H158F14. The largest absolute Gasteiger partial charge is 0.391 e. The molecule has 0 bridgehead atoms. The lowest BCUT2D eigenvalue weighted by molar-refractivity contribution is -0.171. The average molecular weight is 1300 g/mol. The van der Waals surface area contributed by atoms with E-state index in [4.69, 9.17) is 0 Å². The summed E-state index contributed by atoms with van der Waals surface area (Å²) in [6, 6.07) is 0. The molecule has 0 N–H and O–H groups in total. The molecule has 0 saturated carbocycles. The van der Waals surface area contributed by atoms with Gasteiger partial charge in [-0.15, -0.1) is 0 Å². The van der Waals surface area contributed by atoms with Gasteiger partial charge in [-0.2, -0.15) is 26.3 Å². The third kappa shape index (κ3) is 148. The van der Waals surface area contributed by atoms with E-state index in [1.54, 1.807) is 27.7 Å². The molecule has 87 heavy (non-hydrogen) atoms. The van der Waals surface area contributed by atoms with Crippen LogP contribution in [0, 0.1) is 75.9 Å². The molecule has 0 rings (SSSR count). The zero-order valence-corrected chi connectivity index (χ0v) is 64.4. The Bertz CT molecular complexity index is 1130. The highest BCUT2D eigenvalue weighted by Gasteiger charge is 2.35. The van der Waals surface area contributed by atoms with Gasteiger partial charge in [0.05, 0.1) is 25.2 Å². The summed E-state index contributed by atoms with van der Waals surface area (Å²) in [6.45, 7) is 69.3. The molecule has 548 valence electrons. The molecule has 0 aromatic heterocycles. The smallest absolute Gasteiger partial charge is 0.251 e. The number of hydrogen-bond donors (Lipinski definition) is 0. The van der Waals surface area contributed by atoms with Crippen molar-refractivity contribution in [2.75, 3.05) is 13.3 Å². The predicted molar refractivity (Wildman–Crippen MR) is 366 cm³/mol. The van der Waals surface area contributed by atoms with Crippen LogP contribution in [0.3, 0.4) is 0 Å². The van der Waals surface area contributed by atoms with Crippen LogP contribution in [-0.2, 0) is 0 Å². The van der Waals surface area contributed by atoms with E-state index in [2.05, 4.69) is 145 Å². The molecule has 0 saturated heterocycles. The van der Waals surface area contributed by atoms with Gasteiger partial charge in [0.15, 0.2) is 0 Å². The summed E-state index contributed by atoms with van der Waals surface area (Å²) in [5, 5.41) is 0. The van der Waals surface area contributed by atoms with E-state index in [1.165, 1.54) is 92.9 Å². The fourth-order valence-corrected chi connectivity index (χ4v) is 4.00. The van der Waals surface area contributed by atoms with Crippen molar-refractivity contribution in [3.8, 4) is 0 Å². The second kappa shape index (κ2) is 77.5. The molecule has 14 heteroatoms. The Morgan fingerprint density at radius 2 is 0.598 bits per heavy atom. The van der Waals surface area contributed by atoms with Crippen LogP contribution in [0.5, 0.6) is 0 Å². The molecule has 0 aromatic rings. The first-order chi connectivity index (χ1) is 39.1. The lowest BCUT2D eigenvalue weighted by atomic mass is 9.91. The van der Waals surface area contributed by atoms with E-state index in [1.807, 2.05) is 27.7 Å². The van der Waals surface area contributed by atoms with Crippen molar-refractivity contribution in [1.29, 1.82) is 0 Å². The van der Waals surface area contributed by atoms with E-state index in [0.29, 0.717) is 30.1 Å². The monoisotopic (exact) mass is 1300 g/mol. The van der Waals surface area contributed by atoms with Gasteiger partial charge in [0.25, 0.3) is 0 Å². The van der Waals surface area contributed by atoms with Gasteiger partial charge in [0, 0.05) is 24.2 Å². The zero-order chi connectivity index (χ0) is 73.1. The highest BCUT2D eigenvalue weighted by Crippen LogP contribution is 2.29. The van der Waals surface area contributed by atoms with E-state index < -0.39 is 60.7 Å². The Hall–Kier alpha value is -0.980. The van der Waals surface area contributed by atoms with E-state index >= 15 is 0 Å². The maximum absolute atomic E-state index is 12.3. The lowest BCUT2D eigenvalue weighted by Crippen LogP contribution is -2.21. The number of halogens is 14. The fraction of sp³-hybridized carbons (Fsp3) is 1.00.